The van der Waals surface area contributed by atoms with E-state index in [9.17, 15) is 40.7 Å². The highest BCUT2D eigenvalue weighted by Gasteiger charge is 2.53. The number of carbonyl (C=O) groups is 3. The topological polar surface area (TPSA) is 102 Å². The molecule has 0 aliphatic carbocycles. The molecule has 0 N–H and O–H groups in total. The van der Waals surface area contributed by atoms with Crippen LogP contribution in [0.25, 0.3) is 0 Å². The lowest BCUT2D eigenvalue weighted by molar-refractivity contribution is -0.204. The number of alkyl halides is 6. The molecule has 9 nitrogen and oxygen atoms in total. The molecule has 0 radical (unpaired) electrons. The fraction of sp³-hybridized carbons (Fsp3) is 0.208. The van der Waals surface area contributed by atoms with Crippen LogP contribution in [0, 0.1) is 0 Å². The summed E-state index contributed by atoms with van der Waals surface area (Å²) in [6.45, 7) is 1.72. The Kier molecular flexibility index (Phi) is 7.17. The number of anilines is 2. The Morgan fingerprint density at radius 1 is 0.949 bits per heavy atom. The van der Waals surface area contributed by atoms with Crippen LogP contribution in [0.15, 0.2) is 61.2 Å². The van der Waals surface area contributed by atoms with Crippen LogP contribution in [0.3, 0.4) is 0 Å². The van der Waals surface area contributed by atoms with Crippen molar-refractivity contribution in [2.45, 2.75) is 31.9 Å². The number of carbonyl (C=O) groups excluding carboxylic acids is 3. The molecule has 0 saturated carbocycles. The largest absolute Gasteiger partial charge is 0.491 e. The third-order valence-electron chi connectivity index (χ3n) is 5.40. The van der Waals surface area contributed by atoms with E-state index < -0.39 is 47.7 Å². The number of hydrogen-bond acceptors (Lipinski definition) is 7. The number of rotatable bonds is 6. The van der Waals surface area contributed by atoms with Crippen LogP contribution in [0.1, 0.15) is 18.1 Å². The zero-order valence-corrected chi connectivity index (χ0v) is 19.7. The number of esters is 1. The van der Waals surface area contributed by atoms with Gasteiger partial charge >= 0.3 is 24.4 Å². The fourth-order valence-electron chi connectivity index (χ4n) is 3.61. The third kappa shape index (κ3) is 5.61. The van der Waals surface area contributed by atoms with Gasteiger partial charge in [0.05, 0.1) is 23.1 Å². The van der Waals surface area contributed by atoms with E-state index in [0.29, 0.717) is 46.8 Å². The second kappa shape index (κ2) is 10.2. The van der Waals surface area contributed by atoms with E-state index in [0.717, 1.165) is 0 Å². The van der Waals surface area contributed by atoms with Gasteiger partial charge in [-0.2, -0.15) is 26.3 Å². The zero-order chi connectivity index (χ0) is 28.5. The third-order valence-corrected chi connectivity index (χ3v) is 5.40. The van der Waals surface area contributed by atoms with E-state index in [-0.39, 0.29) is 10.6 Å². The van der Waals surface area contributed by atoms with Crippen molar-refractivity contribution in [3.63, 3.8) is 0 Å². The Labute approximate surface area is 215 Å². The van der Waals surface area contributed by atoms with Crippen molar-refractivity contribution in [1.29, 1.82) is 0 Å². The van der Waals surface area contributed by atoms with Crippen molar-refractivity contribution >= 4 is 29.3 Å². The van der Waals surface area contributed by atoms with Gasteiger partial charge in [-0.05, 0) is 48.4 Å². The van der Waals surface area contributed by atoms with E-state index in [1.54, 1.807) is 19.1 Å². The van der Waals surface area contributed by atoms with Gasteiger partial charge in [-0.25, -0.2) is 19.4 Å². The van der Waals surface area contributed by atoms with E-state index in [1.807, 2.05) is 0 Å². The molecule has 1 aromatic carbocycles. The number of imide groups is 1. The lowest BCUT2D eigenvalue weighted by Crippen LogP contribution is -2.42. The molecule has 1 unspecified atom stereocenters. The Bertz CT molecular complexity index is 1410. The van der Waals surface area contributed by atoms with Crippen LogP contribution in [0.4, 0.5) is 42.5 Å². The molecule has 15 heteroatoms. The van der Waals surface area contributed by atoms with Crippen LogP contribution < -0.4 is 14.5 Å². The molecule has 39 heavy (non-hydrogen) atoms. The number of urea groups is 1. The first kappa shape index (κ1) is 27.3. The zero-order valence-electron chi connectivity index (χ0n) is 19.7. The standard InChI is InChI=1S/C24H16F6N4O5/c1-2-13-9-15(3-4-18(13)38-17-5-7-31-8-6-17)33-19(35)20(39-21(36)24(28,29)30)34(22(33)37)16-10-14(11-32-12-16)23(25,26)27/h3-12,20H,2H2,1H3. The van der Waals surface area contributed by atoms with Gasteiger partial charge in [0.1, 0.15) is 11.5 Å². The van der Waals surface area contributed by atoms with Gasteiger partial charge < -0.3 is 9.47 Å². The number of hydrogen-bond donors (Lipinski definition) is 0. The van der Waals surface area contributed by atoms with Crippen LogP contribution >= 0.6 is 0 Å². The summed E-state index contributed by atoms with van der Waals surface area (Å²) in [6.07, 6.45) is -8.65. The summed E-state index contributed by atoms with van der Waals surface area (Å²) in [5.41, 5.74) is -1.77. The lowest BCUT2D eigenvalue weighted by Gasteiger charge is -2.22. The summed E-state index contributed by atoms with van der Waals surface area (Å²) in [7, 11) is 0. The molecule has 4 rings (SSSR count). The van der Waals surface area contributed by atoms with Crippen molar-refractivity contribution in [2.75, 3.05) is 9.80 Å². The van der Waals surface area contributed by atoms with Crippen molar-refractivity contribution in [2.24, 2.45) is 0 Å². The summed E-state index contributed by atoms with van der Waals surface area (Å²) in [5.74, 6) is -3.52. The van der Waals surface area contributed by atoms with Crippen molar-refractivity contribution in [1.82, 2.24) is 9.97 Å². The summed E-state index contributed by atoms with van der Waals surface area (Å²) < 4.78 is 88.6. The highest BCUT2D eigenvalue weighted by Crippen LogP contribution is 2.37. The van der Waals surface area contributed by atoms with Gasteiger partial charge in [0.15, 0.2) is 0 Å². The van der Waals surface area contributed by atoms with Crippen molar-refractivity contribution in [3.8, 4) is 11.5 Å². The second-order valence-electron chi connectivity index (χ2n) is 7.94. The van der Waals surface area contributed by atoms with E-state index in [4.69, 9.17) is 4.74 Å². The molecule has 1 atom stereocenters. The average Bonchev–Trinajstić information content (AvgIpc) is 3.12. The van der Waals surface area contributed by atoms with Gasteiger partial charge in [0, 0.05) is 18.6 Å². The molecule has 3 aromatic rings. The van der Waals surface area contributed by atoms with E-state index in [2.05, 4.69) is 14.7 Å². The molecule has 204 valence electrons. The number of halogens is 6. The van der Waals surface area contributed by atoms with Crippen molar-refractivity contribution in [3.05, 3.63) is 72.3 Å². The minimum Gasteiger partial charge on any atom is -0.457 e. The molecule has 0 spiro atoms. The highest BCUT2D eigenvalue weighted by atomic mass is 19.4. The van der Waals surface area contributed by atoms with Gasteiger partial charge in [0.2, 0.25) is 0 Å². The SMILES string of the molecule is CCc1cc(N2C(=O)C(OC(=O)C(F)(F)F)N(c3cncc(C(F)(F)F)c3)C2=O)ccc1Oc1ccncc1. The molecule has 1 fully saturated rings. The molecule has 1 aliphatic heterocycles. The van der Waals surface area contributed by atoms with Crippen LogP contribution in [-0.4, -0.2) is 40.3 Å². The molecule has 3 heterocycles. The summed E-state index contributed by atoms with van der Waals surface area (Å²) in [6, 6.07) is 6.12. The number of benzene rings is 1. The number of nitrogens with zero attached hydrogens (tertiary/aromatic N) is 4. The predicted molar refractivity (Wildman–Crippen MR) is 121 cm³/mol. The molecule has 0 bridgehead atoms. The van der Waals surface area contributed by atoms with Gasteiger partial charge in [-0.15, -0.1) is 0 Å². The lowest BCUT2D eigenvalue weighted by atomic mass is 10.1. The Morgan fingerprint density at radius 2 is 1.64 bits per heavy atom. The molecular formula is C24H16F6N4O5. The Balaban J connectivity index is 1.75. The van der Waals surface area contributed by atoms with Gasteiger partial charge in [-0.1, -0.05) is 6.92 Å². The fourth-order valence-corrected chi connectivity index (χ4v) is 3.61. The average molecular weight is 554 g/mol. The quantitative estimate of drug-likeness (QED) is 0.233. The first-order chi connectivity index (χ1) is 18.3. The molecular weight excluding hydrogens is 538 g/mol. The Hall–Kier alpha value is -4.69. The van der Waals surface area contributed by atoms with E-state index in [1.165, 1.54) is 30.6 Å². The van der Waals surface area contributed by atoms with Crippen LogP contribution in [-0.2, 0) is 26.9 Å². The number of pyridine rings is 2. The minimum atomic E-state index is -5.56. The first-order valence-electron chi connectivity index (χ1n) is 11.0. The van der Waals surface area contributed by atoms with Crippen LogP contribution in [0.2, 0.25) is 0 Å². The number of ether oxygens (including phenoxy) is 2. The predicted octanol–water partition coefficient (Wildman–Crippen LogP) is 5.25. The number of aromatic nitrogens is 2. The normalized spacial score (nSPS) is 16.0. The summed E-state index contributed by atoms with van der Waals surface area (Å²) >= 11 is 0. The second-order valence-corrected chi connectivity index (χ2v) is 7.94. The molecule has 3 amide bonds. The first-order valence-corrected chi connectivity index (χ1v) is 11.0. The maximum Gasteiger partial charge on any atom is 0.491 e. The summed E-state index contributed by atoms with van der Waals surface area (Å²) in [5, 5.41) is 0. The van der Waals surface area contributed by atoms with Crippen LogP contribution in [0.5, 0.6) is 11.5 Å². The van der Waals surface area contributed by atoms with E-state index >= 15 is 0 Å². The van der Waals surface area contributed by atoms with Crippen molar-refractivity contribution < 1.29 is 50.2 Å². The Morgan fingerprint density at radius 3 is 2.26 bits per heavy atom. The number of amides is 3. The molecule has 2 aromatic heterocycles. The smallest absolute Gasteiger partial charge is 0.457 e. The summed E-state index contributed by atoms with van der Waals surface area (Å²) in [4.78, 5) is 45.9. The monoisotopic (exact) mass is 554 g/mol. The maximum atomic E-state index is 13.3. The maximum absolute atomic E-state index is 13.3. The highest BCUT2D eigenvalue weighted by molar-refractivity contribution is 6.28. The molecule has 1 saturated heterocycles. The molecule has 1 aliphatic rings. The van der Waals surface area contributed by atoms with Gasteiger partial charge in [0.25, 0.3) is 12.1 Å². The number of aryl methyl sites for hydroxylation is 1. The minimum absolute atomic E-state index is 0.153. The van der Waals surface area contributed by atoms with Gasteiger partial charge in [-0.3, -0.25) is 14.8 Å².